The molecule has 0 amide bonds. The molecule has 0 radical (unpaired) electrons. The largest absolute Gasteiger partial charge is 0.392 e. The molecule has 0 saturated heterocycles. The van der Waals surface area contributed by atoms with Gasteiger partial charge in [0.25, 0.3) is 0 Å². The Morgan fingerprint density at radius 2 is 1.85 bits per heavy atom. The number of rotatable bonds is 3. The van der Waals surface area contributed by atoms with Gasteiger partial charge in [0, 0.05) is 11.3 Å². The lowest BCUT2D eigenvalue weighted by atomic mass is 9.78. The van der Waals surface area contributed by atoms with E-state index in [1.807, 2.05) is 13.8 Å². The molecule has 1 aliphatic rings. The van der Waals surface area contributed by atoms with E-state index in [4.69, 9.17) is 0 Å². The van der Waals surface area contributed by atoms with Crippen LogP contribution in [0.4, 0.5) is 13.2 Å². The van der Waals surface area contributed by atoms with Crippen molar-refractivity contribution in [2.24, 2.45) is 11.8 Å². The molecule has 0 spiro atoms. The van der Waals surface area contributed by atoms with Gasteiger partial charge in [-0.05, 0) is 45.4 Å². The lowest BCUT2D eigenvalue weighted by molar-refractivity contribution is -0.185. The third-order valence-electron chi connectivity index (χ3n) is 4.24. The minimum atomic E-state index is -4.08. The molecule has 1 aliphatic carbocycles. The first-order valence-corrected chi connectivity index (χ1v) is 7.76. The van der Waals surface area contributed by atoms with E-state index >= 15 is 0 Å². The van der Waals surface area contributed by atoms with Crippen LogP contribution < -0.4 is 0 Å². The van der Waals surface area contributed by atoms with Crippen molar-refractivity contribution in [3.8, 4) is 0 Å². The Kier molecular flexibility index (Phi) is 4.74. The molecule has 1 atom stereocenters. The molecule has 2 nitrogen and oxygen atoms in total. The zero-order chi connectivity index (χ0) is 14.9. The van der Waals surface area contributed by atoms with Crippen molar-refractivity contribution in [2.75, 3.05) is 0 Å². The standard InChI is InChI=1S/C14H20F3NOS/c1-8-9(2)20-13(18-8)7-12(19)10-3-5-11(6-4-10)14(15,16)17/h10-12,19H,3-7H2,1-2H3. The molecule has 1 fully saturated rings. The highest BCUT2D eigenvalue weighted by atomic mass is 32.1. The van der Waals surface area contributed by atoms with Crippen LogP contribution >= 0.6 is 11.3 Å². The zero-order valence-electron chi connectivity index (χ0n) is 11.7. The van der Waals surface area contributed by atoms with E-state index in [-0.39, 0.29) is 18.8 Å². The number of aromatic nitrogens is 1. The maximum absolute atomic E-state index is 12.6. The molecule has 1 heterocycles. The van der Waals surface area contributed by atoms with E-state index in [1.54, 1.807) is 11.3 Å². The summed E-state index contributed by atoms with van der Waals surface area (Å²) in [6.07, 6.45) is -3.01. The van der Waals surface area contributed by atoms with Gasteiger partial charge >= 0.3 is 6.18 Å². The lowest BCUT2D eigenvalue weighted by Gasteiger charge is -2.32. The van der Waals surface area contributed by atoms with Gasteiger partial charge in [-0.1, -0.05) is 0 Å². The summed E-state index contributed by atoms with van der Waals surface area (Å²) in [6, 6.07) is 0. The van der Waals surface area contributed by atoms with Gasteiger partial charge in [0.15, 0.2) is 0 Å². The van der Waals surface area contributed by atoms with Crippen LogP contribution in [0.25, 0.3) is 0 Å². The number of alkyl halides is 3. The van der Waals surface area contributed by atoms with Gasteiger partial charge in [-0.15, -0.1) is 11.3 Å². The number of nitrogens with zero attached hydrogens (tertiary/aromatic N) is 1. The molecular formula is C14H20F3NOS. The van der Waals surface area contributed by atoms with E-state index < -0.39 is 18.2 Å². The second-order valence-corrected chi connectivity index (χ2v) is 6.96. The quantitative estimate of drug-likeness (QED) is 0.914. The number of hydrogen-bond acceptors (Lipinski definition) is 3. The predicted molar refractivity (Wildman–Crippen MR) is 72.8 cm³/mol. The number of hydrogen-bond donors (Lipinski definition) is 1. The minimum Gasteiger partial charge on any atom is -0.392 e. The number of halogens is 3. The van der Waals surface area contributed by atoms with Crippen LogP contribution in [0.1, 0.15) is 41.3 Å². The second kappa shape index (κ2) is 6.02. The fraction of sp³-hybridized carbons (Fsp3) is 0.786. The summed E-state index contributed by atoms with van der Waals surface area (Å²) in [6.45, 7) is 3.91. The minimum absolute atomic E-state index is 0.0295. The molecule has 0 aromatic carbocycles. The Bertz CT molecular complexity index is 430. The maximum atomic E-state index is 12.6. The molecule has 1 aromatic heterocycles. The summed E-state index contributed by atoms with van der Waals surface area (Å²) >= 11 is 1.56. The highest BCUT2D eigenvalue weighted by Crippen LogP contribution is 2.40. The van der Waals surface area contributed by atoms with Crippen LogP contribution in [0, 0.1) is 25.7 Å². The maximum Gasteiger partial charge on any atom is 0.391 e. The average Bonchev–Trinajstić information content (AvgIpc) is 2.67. The number of aliphatic hydroxyl groups excluding tert-OH is 1. The fourth-order valence-electron chi connectivity index (χ4n) is 2.80. The van der Waals surface area contributed by atoms with Crippen LogP contribution in [-0.2, 0) is 6.42 Å². The van der Waals surface area contributed by atoms with Crippen molar-refractivity contribution < 1.29 is 18.3 Å². The van der Waals surface area contributed by atoms with Crippen LogP contribution in [0.3, 0.4) is 0 Å². The summed E-state index contributed by atoms with van der Waals surface area (Å²) in [5.74, 6) is -1.21. The summed E-state index contributed by atoms with van der Waals surface area (Å²) in [5, 5.41) is 11.1. The number of aryl methyl sites for hydroxylation is 2. The Balaban J connectivity index is 1.87. The van der Waals surface area contributed by atoms with Gasteiger partial charge < -0.3 is 5.11 Å². The average molecular weight is 307 g/mol. The van der Waals surface area contributed by atoms with Crippen molar-refractivity contribution in [3.63, 3.8) is 0 Å². The SMILES string of the molecule is Cc1nc(CC(O)C2CCC(C(F)(F)F)CC2)sc1C. The number of thiazole rings is 1. The monoisotopic (exact) mass is 307 g/mol. The van der Waals surface area contributed by atoms with Crippen LogP contribution in [0.2, 0.25) is 0 Å². The summed E-state index contributed by atoms with van der Waals surface area (Å²) < 4.78 is 37.8. The Morgan fingerprint density at radius 1 is 1.25 bits per heavy atom. The summed E-state index contributed by atoms with van der Waals surface area (Å²) in [4.78, 5) is 5.51. The van der Waals surface area contributed by atoms with Crippen molar-refractivity contribution >= 4 is 11.3 Å². The van der Waals surface area contributed by atoms with Crippen molar-refractivity contribution in [3.05, 3.63) is 15.6 Å². The number of aliphatic hydroxyl groups is 1. The molecule has 2 rings (SSSR count). The third kappa shape index (κ3) is 3.73. The van der Waals surface area contributed by atoms with Crippen molar-refractivity contribution in [2.45, 2.75) is 58.2 Å². The topological polar surface area (TPSA) is 33.1 Å². The van der Waals surface area contributed by atoms with E-state index in [0.717, 1.165) is 15.6 Å². The van der Waals surface area contributed by atoms with E-state index in [0.29, 0.717) is 19.3 Å². The molecule has 1 N–H and O–H groups in total. The third-order valence-corrected chi connectivity index (χ3v) is 5.33. The molecule has 0 bridgehead atoms. The highest BCUT2D eigenvalue weighted by Gasteiger charge is 2.42. The van der Waals surface area contributed by atoms with Crippen molar-refractivity contribution in [1.29, 1.82) is 0 Å². The smallest absolute Gasteiger partial charge is 0.391 e. The first kappa shape index (κ1) is 15.8. The van der Waals surface area contributed by atoms with Crippen molar-refractivity contribution in [1.82, 2.24) is 4.98 Å². The first-order chi connectivity index (χ1) is 9.27. The molecule has 1 saturated carbocycles. The van der Waals surface area contributed by atoms with Gasteiger partial charge in [-0.3, -0.25) is 0 Å². The van der Waals surface area contributed by atoms with E-state index in [2.05, 4.69) is 4.98 Å². The molecule has 20 heavy (non-hydrogen) atoms. The molecule has 6 heteroatoms. The van der Waals surface area contributed by atoms with Crippen LogP contribution in [-0.4, -0.2) is 22.4 Å². The van der Waals surface area contributed by atoms with Gasteiger partial charge in [-0.25, -0.2) is 4.98 Å². The summed E-state index contributed by atoms with van der Waals surface area (Å²) in [7, 11) is 0. The second-order valence-electron chi connectivity index (χ2n) is 5.67. The fourth-order valence-corrected chi connectivity index (χ4v) is 3.79. The van der Waals surface area contributed by atoms with E-state index in [9.17, 15) is 18.3 Å². The Morgan fingerprint density at radius 3 is 2.30 bits per heavy atom. The van der Waals surface area contributed by atoms with E-state index in [1.165, 1.54) is 0 Å². The highest BCUT2D eigenvalue weighted by molar-refractivity contribution is 7.11. The van der Waals surface area contributed by atoms with Gasteiger partial charge in [-0.2, -0.15) is 13.2 Å². The van der Waals surface area contributed by atoms with Gasteiger partial charge in [0.2, 0.25) is 0 Å². The first-order valence-electron chi connectivity index (χ1n) is 6.95. The van der Waals surface area contributed by atoms with Gasteiger partial charge in [0.05, 0.1) is 22.7 Å². The van der Waals surface area contributed by atoms with Crippen LogP contribution in [0.5, 0.6) is 0 Å². The predicted octanol–water partition coefficient (Wildman–Crippen LogP) is 4.03. The Labute approximate surface area is 121 Å². The lowest BCUT2D eigenvalue weighted by Crippen LogP contribution is -2.32. The molecular weight excluding hydrogens is 287 g/mol. The normalized spacial score (nSPS) is 25.7. The zero-order valence-corrected chi connectivity index (χ0v) is 12.5. The molecule has 0 aliphatic heterocycles. The molecule has 114 valence electrons. The molecule has 1 unspecified atom stereocenters. The summed E-state index contributed by atoms with van der Waals surface area (Å²) in [5.41, 5.74) is 0.970. The molecule has 1 aromatic rings. The Hall–Kier alpha value is -0.620. The van der Waals surface area contributed by atoms with Gasteiger partial charge in [0.1, 0.15) is 0 Å². The van der Waals surface area contributed by atoms with Crippen LogP contribution in [0.15, 0.2) is 0 Å².